The normalized spacial score (nSPS) is 10.3. The highest BCUT2D eigenvalue weighted by Gasteiger charge is 2.15. The molecule has 0 saturated heterocycles. The third kappa shape index (κ3) is 5.01. The Bertz CT molecular complexity index is 1040. The number of methoxy groups -OCH3 is 2. The standard InChI is InChI=1S/C19H16ClN3O5S/c1-26-14-6-5-11(8-15(14)27-2)13-10-29-19(22-13)23-16(24)9-28-18(25)12-4-3-7-21-17(12)20/h3-8,10H,9H2,1-2H3,(H,22,23,24). The Hall–Kier alpha value is -3.17. The number of ether oxygens (including phenoxy) is 3. The maximum absolute atomic E-state index is 12.1. The molecule has 29 heavy (non-hydrogen) atoms. The number of anilines is 1. The molecule has 150 valence electrons. The van der Waals surface area contributed by atoms with Crippen molar-refractivity contribution in [1.82, 2.24) is 9.97 Å². The fraction of sp³-hybridized carbons (Fsp3) is 0.158. The minimum absolute atomic E-state index is 0.0115. The fourth-order valence-electron chi connectivity index (χ4n) is 2.36. The Morgan fingerprint density at radius 2 is 1.97 bits per heavy atom. The zero-order chi connectivity index (χ0) is 20.8. The highest BCUT2D eigenvalue weighted by Crippen LogP contribution is 2.33. The molecule has 0 spiro atoms. The van der Waals surface area contributed by atoms with E-state index < -0.39 is 18.5 Å². The van der Waals surface area contributed by atoms with Crippen LogP contribution in [0.5, 0.6) is 11.5 Å². The van der Waals surface area contributed by atoms with Gasteiger partial charge in [-0.05, 0) is 30.3 Å². The van der Waals surface area contributed by atoms with Gasteiger partial charge in [0.05, 0.1) is 25.5 Å². The van der Waals surface area contributed by atoms with Crippen LogP contribution in [0.15, 0.2) is 41.9 Å². The van der Waals surface area contributed by atoms with Gasteiger partial charge in [0.15, 0.2) is 23.2 Å². The van der Waals surface area contributed by atoms with Crippen LogP contribution in [0.1, 0.15) is 10.4 Å². The summed E-state index contributed by atoms with van der Waals surface area (Å²) in [6.45, 7) is -0.477. The lowest BCUT2D eigenvalue weighted by Gasteiger charge is -2.08. The molecule has 0 bridgehead atoms. The van der Waals surface area contributed by atoms with E-state index >= 15 is 0 Å². The molecule has 2 heterocycles. The first-order chi connectivity index (χ1) is 14.0. The molecule has 1 N–H and O–H groups in total. The Kier molecular flexibility index (Phi) is 6.63. The van der Waals surface area contributed by atoms with E-state index in [1.807, 2.05) is 6.07 Å². The Labute approximate surface area is 175 Å². The second-order valence-electron chi connectivity index (χ2n) is 5.57. The summed E-state index contributed by atoms with van der Waals surface area (Å²) < 4.78 is 15.5. The number of carbonyl (C=O) groups excluding carboxylic acids is 2. The van der Waals surface area contributed by atoms with Crippen molar-refractivity contribution in [2.24, 2.45) is 0 Å². The summed E-state index contributed by atoms with van der Waals surface area (Å²) in [4.78, 5) is 32.2. The second-order valence-corrected chi connectivity index (χ2v) is 6.79. The number of nitrogens with zero attached hydrogens (tertiary/aromatic N) is 2. The molecule has 0 saturated carbocycles. The van der Waals surface area contributed by atoms with Crippen LogP contribution in [0.25, 0.3) is 11.3 Å². The number of hydrogen-bond donors (Lipinski definition) is 1. The van der Waals surface area contributed by atoms with Crippen LogP contribution in [0.2, 0.25) is 5.15 Å². The second kappa shape index (κ2) is 9.35. The summed E-state index contributed by atoms with van der Waals surface area (Å²) >= 11 is 7.07. The molecular formula is C19H16ClN3O5S. The molecule has 0 aliphatic rings. The first kappa shape index (κ1) is 20.6. The van der Waals surface area contributed by atoms with E-state index in [1.54, 1.807) is 37.8 Å². The molecule has 0 radical (unpaired) electrons. The fourth-order valence-corrected chi connectivity index (χ4v) is 3.29. The van der Waals surface area contributed by atoms with Gasteiger partial charge in [0.1, 0.15) is 5.15 Å². The molecule has 0 aliphatic heterocycles. The number of benzene rings is 1. The molecule has 2 aromatic heterocycles. The number of halogens is 1. The third-order valence-electron chi connectivity index (χ3n) is 3.74. The van der Waals surface area contributed by atoms with Crippen LogP contribution >= 0.6 is 22.9 Å². The highest BCUT2D eigenvalue weighted by molar-refractivity contribution is 7.14. The monoisotopic (exact) mass is 433 g/mol. The number of esters is 1. The van der Waals surface area contributed by atoms with E-state index in [9.17, 15) is 9.59 Å². The van der Waals surface area contributed by atoms with Gasteiger partial charge in [0.25, 0.3) is 5.91 Å². The summed E-state index contributed by atoms with van der Waals surface area (Å²) in [6.07, 6.45) is 1.45. The molecule has 0 fully saturated rings. The molecule has 1 amide bonds. The van der Waals surface area contributed by atoms with E-state index in [0.29, 0.717) is 22.3 Å². The smallest absolute Gasteiger partial charge is 0.341 e. The van der Waals surface area contributed by atoms with Crippen molar-refractivity contribution in [3.05, 3.63) is 52.6 Å². The lowest BCUT2D eigenvalue weighted by atomic mass is 10.1. The van der Waals surface area contributed by atoms with Gasteiger partial charge in [-0.25, -0.2) is 14.8 Å². The average Bonchev–Trinajstić information content (AvgIpc) is 3.20. The van der Waals surface area contributed by atoms with Gasteiger partial charge in [-0.1, -0.05) is 11.6 Å². The maximum atomic E-state index is 12.1. The highest BCUT2D eigenvalue weighted by atomic mass is 35.5. The number of thiazole rings is 1. The number of pyridine rings is 1. The lowest BCUT2D eigenvalue weighted by molar-refractivity contribution is -0.119. The van der Waals surface area contributed by atoms with Crippen LogP contribution in [0.4, 0.5) is 5.13 Å². The molecule has 0 atom stereocenters. The van der Waals surface area contributed by atoms with Crippen LogP contribution in [0.3, 0.4) is 0 Å². The summed E-state index contributed by atoms with van der Waals surface area (Å²) in [5, 5.41) is 4.76. The van der Waals surface area contributed by atoms with Crippen molar-refractivity contribution < 1.29 is 23.8 Å². The summed E-state index contributed by atoms with van der Waals surface area (Å²) in [5.41, 5.74) is 1.55. The molecule has 1 aromatic carbocycles. The first-order valence-corrected chi connectivity index (χ1v) is 9.53. The van der Waals surface area contributed by atoms with Crippen LogP contribution in [0, 0.1) is 0 Å². The van der Waals surface area contributed by atoms with Gasteiger partial charge in [0.2, 0.25) is 0 Å². The zero-order valence-electron chi connectivity index (χ0n) is 15.5. The molecule has 3 aromatic rings. The van der Waals surface area contributed by atoms with Crippen LogP contribution in [-0.4, -0.2) is 42.7 Å². The minimum atomic E-state index is -0.733. The summed E-state index contributed by atoms with van der Waals surface area (Å²) in [6, 6.07) is 8.41. The molecule has 10 heteroatoms. The van der Waals surface area contributed by atoms with Gasteiger partial charge in [-0.2, -0.15) is 0 Å². The molecule has 8 nitrogen and oxygen atoms in total. The van der Waals surface area contributed by atoms with Gasteiger partial charge < -0.3 is 14.2 Å². The van der Waals surface area contributed by atoms with Crippen molar-refractivity contribution in [1.29, 1.82) is 0 Å². The minimum Gasteiger partial charge on any atom is -0.493 e. The van der Waals surface area contributed by atoms with Crippen molar-refractivity contribution in [2.75, 3.05) is 26.1 Å². The van der Waals surface area contributed by atoms with Crippen molar-refractivity contribution in [3.63, 3.8) is 0 Å². The molecule has 0 unspecified atom stereocenters. The van der Waals surface area contributed by atoms with Crippen molar-refractivity contribution in [3.8, 4) is 22.8 Å². The summed E-state index contributed by atoms with van der Waals surface area (Å²) in [7, 11) is 3.11. The SMILES string of the molecule is COc1ccc(-c2csc(NC(=O)COC(=O)c3cccnc3Cl)n2)cc1OC. The topological polar surface area (TPSA) is 99.6 Å². The molecule has 3 rings (SSSR count). The van der Waals surface area contributed by atoms with E-state index in [4.69, 9.17) is 25.8 Å². The first-order valence-electron chi connectivity index (χ1n) is 8.27. The van der Waals surface area contributed by atoms with Crippen molar-refractivity contribution >= 4 is 39.9 Å². The number of amides is 1. The number of carbonyl (C=O) groups is 2. The quantitative estimate of drug-likeness (QED) is 0.448. The Morgan fingerprint density at radius 1 is 1.17 bits per heavy atom. The van der Waals surface area contributed by atoms with Gasteiger partial charge in [-0.15, -0.1) is 11.3 Å². The number of nitrogens with one attached hydrogen (secondary N) is 1. The van der Waals surface area contributed by atoms with Gasteiger partial charge in [-0.3, -0.25) is 10.1 Å². The molecule has 0 aliphatic carbocycles. The lowest BCUT2D eigenvalue weighted by Crippen LogP contribution is -2.21. The van der Waals surface area contributed by atoms with Crippen LogP contribution in [-0.2, 0) is 9.53 Å². The molecular weight excluding hydrogens is 418 g/mol. The summed E-state index contributed by atoms with van der Waals surface area (Å²) in [5.74, 6) is -0.0740. The predicted octanol–water partition coefficient (Wildman–Crippen LogP) is 3.67. The van der Waals surface area contributed by atoms with E-state index in [1.165, 1.54) is 23.6 Å². The van der Waals surface area contributed by atoms with Gasteiger partial charge >= 0.3 is 5.97 Å². The third-order valence-corrected chi connectivity index (χ3v) is 4.80. The largest absolute Gasteiger partial charge is 0.493 e. The maximum Gasteiger partial charge on any atom is 0.341 e. The number of aromatic nitrogens is 2. The number of rotatable bonds is 7. The average molecular weight is 434 g/mol. The van der Waals surface area contributed by atoms with Crippen LogP contribution < -0.4 is 14.8 Å². The van der Waals surface area contributed by atoms with E-state index in [0.717, 1.165) is 5.56 Å². The Morgan fingerprint density at radius 3 is 2.69 bits per heavy atom. The van der Waals surface area contributed by atoms with E-state index in [-0.39, 0.29) is 10.7 Å². The van der Waals surface area contributed by atoms with E-state index in [2.05, 4.69) is 15.3 Å². The van der Waals surface area contributed by atoms with Gasteiger partial charge in [0, 0.05) is 17.1 Å². The van der Waals surface area contributed by atoms with Crippen molar-refractivity contribution in [2.45, 2.75) is 0 Å². The predicted molar refractivity (Wildman–Crippen MR) is 109 cm³/mol. The Balaban J connectivity index is 1.61. The number of hydrogen-bond acceptors (Lipinski definition) is 8. The zero-order valence-corrected chi connectivity index (χ0v) is 17.0.